The number of hydrogen-bond acceptors (Lipinski definition) is 3. The maximum atomic E-state index is 5.94. The molecule has 0 bridgehead atoms. The summed E-state index contributed by atoms with van der Waals surface area (Å²) in [5, 5.41) is 7.94. The van der Waals surface area contributed by atoms with Crippen LogP contribution in [0.15, 0.2) is 78.0 Å². The normalized spacial score (nSPS) is 16.8. The minimum absolute atomic E-state index is 0.535. The van der Waals surface area contributed by atoms with Crippen LogP contribution in [-0.4, -0.2) is 47.4 Å². The van der Waals surface area contributed by atoms with Gasteiger partial charge in [-0.1, -0.05) is 48.5 Å². The van der Waals surface area contributed by atoms with E-state index in [1.165, 1.54) is 5.56 Å². The fraction of sp³-hybridized carbons (Fsp3) is 0.333. The molecule has 0 saturated carbocycles. The van der Waals surface area contributed by atoms with Crippen LogP contribution in [-0.2, 0) is 17.9 Å². The van der Waals surface area contributed by atoms with Crippen molar-refractivity contribution >= 4 is 5.96 Å². The first-order chi connectivity index (χ1) is 14.8. The molecule has 156 valence electrons. The number of likely N-dealkylation sites (tertiary alicyclic amines) is 1. The predicted octanol–water partition coefficient (Wildman–Crippen LogP) is 3.49. The van der Waals surface area contributed by atoms with Crippen LogP contribution in [0.3, 0.4) is 0 Å². The number of benzene rings is 2. The molecule has 1 unspecified atom stereocenters. The number of para-hydroxylation sites is 1. The van der Waals surface area contributed by atoms with Crippen molar-refractivity contribution in [2.45, 2.75) is 19.6 Å². The lowest BCUT2D eigenvalue weighted by Gasteiger charge is -2.21. The molecule has 6 nitrogen and oxygen atoms in total. The van der Waals surface area contributed by atoms with Crippen molar-refractivity contribution in [3.05, 3.63) is 84.2 Å². The number of nitrogens with zero attached hydrogens (tertiary/aromatic N) is 4. The lowest BCUT2D eigenvalue weighted by Crippen LogP contribution is -2.39. The van der Waals surface area contributed by atoms with E-state index in [-0.39, 0.29) is 0 Å². The largest absolute Gasteiger partial charge is 0.376 e. The van der Waals surface area contributed by atoms with Crippen LogP contribution in [0, 0.1) is 5.92 Å². The molecule has 6 heteroatoms. The summed E-state index contributed by atoms with van der Waals surface area (Å²) in [6.07, 6.45) is 5.08. The number of aromatic nitrogens is 2. The van der Waals surface area contributed by atoms with Crippen LogP contribution in [0.25, 0.3) is 5.69 Å². The Balaban J connectivity index is 1.23. The average Bonchev–Trinajstić information content (AvgIpc) is 3.46. The van der Waals surface area contributed by atoms with Crippen LogP contribution in [0.5, 0.6) is 0 Å². The monoisotopic (exact) mass is 403 g/mol. The Bertz CT molecular complexity index is 938. The summed E-state index contributed by atoms with van der Waals surface area (Å²) >= 11 is 0. The summed E-state index contributed by atoms with van der Waals surface area (Å²) in [7, 11) is 1.84. The third-order valence-corrected chi connectivity index (χ3v) is 5.37. The standard InChI is InChI=1S/C24H29N5O/c1-25-24(26-14-22-15-27-29(17-22)23-10-6-3-7-11-23)28-13-12-21(16-28)19-30-18-20-8-4-2-5-9-20/h2-11,15,17,21H,12-14,16,18-19H2,1H3,(H,25,26). The highest BCUT2D eigenvalue weighted by atomic mass is 16.5. The molecule has 4 rings (SSSR count). The van der Waals surface area contributed by atoms with Gasteiger partial charge < -0.3 is 15.0 Å². The van der Waals surface area contributed by atoms with Crippen molar-refractivity contribution < 1.29 is 4.74 Å². The Morgan fingerprint density at radius 3 is 2.63 bits per heavy atom. The van der Waals surface area contributed by atoms with Crippen LogP contribution in [0.2, 0.25) is 0 Å². The Morgan fingerprint density at radius 2 is 1.87 bits per heavy atom. The van der Waals surface area contributed by atoms with Gasteiger partial charge in [0.25, 0.3) is 0 Å². The van der Waals surface area contributed by atoms with Crippen molar-refractivity contribution in [2.24, 2.45) is 10.9 Å². The summed E-state index contributed by atoms with van der Waals surface area (Å²) in [5.41, 5.74) is 3.41. The van der Waals surface area contributed by atoms with E-state index in [1.54, 1.807) is 0 Å². The molecule has 1 N–H and O–H groups in total. The third-order valence-electron chi connectivity index (χ3n) is 5.37. The summed E-state index contributed by atoms with van der Waals surface area (Å²) < 4.78 is 7.84. The minimum atomic E-state index is 0.535. The quantitative estimate of drug-likeness (QED) is 0.485. The SMILES string of the molecule is CN=C(NCc1cnn(-c2ccccc2)c1)N1CCC(COCc2ccccc2)C1. The second-order valence-electron chi connectivity index (χ2n) is 7.63. The van der Waals surface area contributed by atoms with Gasteiger partial charge >= 0.3 is 0 Å². The zero-order valence-electron chi connectivity index (χ0n) is 17.4. The van der Waals surface area contributed by atoms with Crippen LogP contribution in [0.1, 0.15) is 17.5 Å². The number of ether oxygens (including phenoxy) is 1. The van der Waals surface area contributed by atoms with Gasteiger partial charge in [0.15, 0.2) is 5.96 Å². The summed E-state index contributed by atoms with van der Waals surface area (Å²) in [6, 6.07) is 20.5. The van der Waals surface area contributed by atoms with E-state index in [9.17, 15) is 0 Å². The number of aliphatic imine (C=N–C) groups is 1. The second-order valence-corrected chi connectivity index (χ2v) is 7.63. The first kappa shape index (κ1) is 20.2. The maximum absolute atomic E-state index is 5.94. The second kappa shape index (κ2) is 10.1. The Hall–Kier alpha value is -3.12. The number of hydrogen-bond donors (Lipinski definition) is 1. The molecule has 30 heavy (non-hydrogen) atoms. The van der Waals surface area contributed by atoms with Gasteiger partial charge in [-0.15, -0.1) is 0 Å². The molecule has 0 spiro atoms. The van der Waals surface area contributed by atoms with Crippen molar-refractivity contribution in [3.8, 4) is 5.69 Å². The fourth-order valence-corrected chi connectivity index (χ4v) is 3.77. The number of nitrogens with one attached hydrogen (secondary N) is 1. The van der Waals surface area contributed by atoms with Crippen molar-refractivity contribution in [2.75, 3.05) is 26.7 Å². The molecule has 2 aromatic carbocycles. The van der Waals surface area contributed by atoms with Gasteiger partial charge in [-0.2, -0.15) is 5.10 Å². The highest BCUT2D eigenvalue weighted by Crippen LogP contribution is 2.17. The van der Waals surface area contributed by atoms with Crippen LogP contribution < -0.4 is 5.32 Å². The van der Waals surface area contributed by atoms with E-state index in [1.807, 2.05) is 54.3 Å². The van der Waals surface area contributed by atoms with Gasteiger partial charge in [0.05, 0.1) is 25.1 Å². The molecule has 1 aliphatic heterocycles. The summed E-state index contributed by atoms with van der Waals surface area (Å²) in [4.78, 5) is 6.79. The Kier molecular flexibility index (Phi) is 6.77. The van der Waals surface area contributed by atoms with E-state index in [4.69, 9.17) is 4.74 Å². The van der Waals surface area contributed by atoms with Gasteiger partial charge in [-0.25, -0.2) is 4.68 Å². The molecule has 0 radical (unpaired) electrons. The Labute approximate surface area is 178 Å². The molecule has 3 aromatic rings. The third kappa shape index (κ3) is 5.27. The van der Waals surface area contributed by atoms with E-state index < -0.39 is 0 Å². The zero-order chi connectivity index (χ0) is 20.6. The first-order valence-corrected chi connectivity index (χ1v) is 10.5. The Morgan fingerprint density at radius 1 is 1.10 bits per heavy atom. The average molecular weight is 404 g/mol. The molecule has 1 saturated heterocycles. The zero-order valence-corrected chi connectivity index (χ0v) is 17.4. The van der Waals surface area contributed by atoms with Gasteiger partial charge in [0, 0.05) is 44.4 Å². The summed E-state index contributed by atoms with van der Waals surface area (Å²) in [6.45, 7) is 4.13. The summed E-state index contributed by atoms with van der Waals surface area (Å²) in [5.74, 6) is 1.47. The first-order valence-electron chi connectivity index (χ1n) is 10.5. The van der Waals surface area contributed by atoms with Crippen molar-refractivity contribution in [1.29, 1.82) is 0 Å². The van der Waals surface area contributed by atoms with Gasteiger partial charge in [0.1, 0.15) is 0 Å². The number of guanidine groups is 1. The van der Waals surface area contributed by atoms with E-state index in [0.717, 1.165) is 43.3 Å². The van der Waals surface area contributed by atoms with Gasteiger partial charge in [0.2, 0.25) is 0 Å². The number of rotatable bonds is 7. The van der Waals surface area contributed by atoms with Crippen LogP contribution in [0.4, 0.5) is 0 Å². The van der Waals surface area contributed by atoms with Gasteiger partial charge in [-0.3, -0.25) is 4.99 Å². The smallest absolute Gasteiger partial charge is 0.193 e. The van der Waals surface area contributed by atoms with E-state index in [2.05, 4.69) is 50.8 Å². The molecule has 1 aliphatic rings. The predicted molar refractivity (Wildman–Crippen MR) is 120 cm³/mol. The van der Waals surface area contributed by atoms with Crippen molar-refractivity contribution in [3.63, 3.8) is 0 Å². The molecule has 1 atom stereocenters. The minimum Gasteiger partial charge on any atom is -0.376 e. The topological polar surface area (TPSA) is 54.7 Å². The fourth-order valence-electron chi connectivity index (χ4n) is 3.77. The van der Waals surface area contributed by atoms with E-state index in [0.29, 0.717) is 19.1 Å². The van der Waals surface area contributed by atoms with E-state index >= 15 is 0 Å². The molecule has 1 aromatic heterocycles. The molecular formula is C24H29N5O. The van der Waals surface area contributed by atoms with Gasteiger partial charge in [-0.05, 0) is 24.1 Å². The molecule has 2 heterocycles. The van der Waals surface area contributed by atoms with Crippen LogP contribution >= 0.6 is 0 Å². The van der Waals surface area contributed by atoms with Crippen molar-refractivity contribution in [1.82, 2.24) is 20.0 Å². The maximum Gasteiger partial charge on any atom is 0.193 e. The molecule has 0 amide bonds. The molecular weight excluding hydrogens is 374 g/mol. The molecule has 1 fully saturated rings. The lowest BCUT2D eigenvalue weighted by atomic mass is 10.1. The lowest BCUT2D eigenvalue weighted by molar-refractivity contribution is 0.0906. The highest BCUT2D eigenvalue weighted by molar-refractivity contribution is 5.80. The molecule has 0 aliphatic carbocycles. The highest BCUT2D eigenvalue weighted by Gasteiger charge is 2.25.